The highest BCUT2D eigenvalue weighted by molar-refractivity contribution is 7.99. The van der Waals surface area contributed by atoms with E-state index < -0.39 is 23.5 Å². The molecule has 8 heteroatoms. The van der Waals surface area contributed by atoms with Gasteiger partial charge >= 0.3 is 6.18 Å². The first-order valence-electron chi connectivity index (χ1n) is 9.27. The second-order valence-corrected chi connectivity index (χ2v) is 8.69. The Hall–Kier alpha value is -2.61. The van der Waals surface area contributed by atoms with Crippen LogP contribution < -0.4 is 5.32 Å². The minimum Gasteiger partial charge on any atom is -0.348 e. The van der Waals surface area contributed by atoms with Crippen LogP contribution in [0.3, 0.4) is 0 Å². The number of nitrogens with zero attached hydrogens (tertiary/aromatic N) is 1. The molecule has 1 amide bonds. The number of amides is 1. The van der Waals surface area contributed by atoms with Crippen LogP contribution in [0.5, 0.6) is 0 Å². The van der Waals surface area contributed by atoms with Crippen molar-refractivity contribution >= 4 is 28.6 Å². The molecule has 0 atom stereocenters. The first kappa shape index (κ1) is 22.1. The molecule has 3 aromatic rings. The summed E-state index contributed by atoms with van der Waals surface area (Å²) in [6.45, 7) is 5.63. The van der Waals surface area contributed by atoms with Gasteiger partial charge in [0.2, 0.25) is 0 Å². The van der Waals surface area contributed by atoms with Crippen molar-refractivity contribution in [2.75, 3.05) is 0 Å². The molecule has 0 aliphatic carbocycles. The third kappa shape index (κ3) is 4.92. The highest BCUT2D eigenvalue weighted by Gasteiger charge is 2.31. The zero-order chi connectivity index (χ0) is 22.1. The van der Waals surface area contributed by atoms with Gasteiger partial charge in [-0.3, -0.25) is 4.79 Å². The number of halogens is 4. The molecule has 2 aromatic carbocycles. The summed E-state index contributed by atoms with van der Waals surface area (Å²) in [5.41, 5.74) is 0.867. The van der Waals surface area contributed by atoms with Gasteiger partial charge < -0.3 is 5.32 Å². The van der Waals surface area contributed by atoms with Gasteiger partial charge in [-0.25, -0.2) is 9.37 Å². The molecular weight excluding hydrogens is 416 g/mol. The molecule has 0 spiro atoms. The van der Waals surface area contributed by atoms with Crippen molar-refractivity contribution in [1.82, 2.24) is 10.3 Å². The maximum Gasteiger partial charge on any atom is 0.416 e. The Bertz CT molecular complexity index is 1100. The van der Waals surface area contributed by atoms with Crippen molar-refractivity contribution in [2.45, 2.75) is 43.8 Å². The maximum atomic E-state index is 13.4. The Morgan fingerprint density at radius 2 is 1.90 bits per heavy atom. The van der Waals surface area contributed by atoms with Gasteiger partial charge in [0, 0.05) is 17.2 Å². The van der Waals surface area contributed by atoms with Gasteiger partial charge in [-0.15, -0.1) is 11.8 Å². The summed E-state index contributed by atoms with van der Waals surface area (Å²) in [5.74, 6) is -0.809. The fraction of sp³-hybridized carbons (Fsp3) is 0.273. The number of aromatic nitrogens is 1. The fourth-order valence-corrected chi connectivity index (χ4v) is 4.03. The number of nitrogens with one attached hydrogen (secondary N) is 1. The second-order valence-electron chi connectivity index (χ2n) is 7.13. The lowest BCUT2D eigenvalue weighted by Crippen LogP contribution is -2.25. The molecule has 0 unspecified atom stereocenters. The third-order valence-electron chi connectivity index (χ3n) is 4.46. The highest BCUT2D eigenvalue weighted by Crippen LogP contribution is 2.35. The number of hydrogen-bond acceptors (Lipinski definition) is 3. The normalized spacial score (nSPS) is 11.9. The number of thioether (sulfide) groups is 1. The number of pyridine rings is 1. The predicted molar refractivity (Wildman–Crippen MR) is 110 cm³/mol. The summed E-state index contributed by atoms with van der Waals surface area (Å²) < 4.78 is 52.7. The van der Waals surface area contributed by atoms with E-state index in [0.29, 0.717) is 27.1 Å². The molecule has 0 fully saturated rings. The lowest BCUT2D eigenvalue weighted by atomic mass is 10.0. The van der Waals surface area contributed by atoms with Crippen LogP contribution in [0.1, 0.15) is 40.9 Å². The van der Waals surface area contributed by atoms with Crippen LogP contribution in [0.25, 0.3) is 10.9 Å². The Balaban J connectivity index is 2.02. The van der Waals surface area contributed by atoms with Crippen molar-refractivity contribution in [3.63, 3.8) is 0 Å². The van der Waals surface area contributed by atoms with Gasteiger partial charge in [-0.05, 0) is 42.3 Å². The number of carbonyl (C=O) groups excluding carboxylic acids is 1. The van der Waals surface area contributed by atoms with E-state index in [1.54, 1.807) is 19.1 Å². The lowest BCUT2D eigenvalue weighted by Gasteiger charge is -2.17. The van der Waals surface area contributed by atoms with Gasteiger partial charge in [-0.1, -0.05) is 32.0 Å². The summed E-state index contributed by atoms with van der Waals surface area (Å²) in [4.78, 5) is 17.3. The van der Waals surface area contributed by atoms with E-state index in [2.05, 4.69) is 10.3 Å². The van der Waals surface area contributed by atoms with E-state index >= 15 is 0 Å². The Morgan fingerprint density at radius 1 is 1.17 bits per heavy atom. The molecule has 0 bridgehead atoms. The number of rotatable bonds is 5. The Kier molecular flexibility index (Phi) is 6.36. The number of hydrogen-bond donors (Lipinski definition) is 1. The monoisotopic (exact) mass is 436 g/mol. The number of fused-ring (bicyclic) bond motifs is 1. The zero-order valence-electron chi connectivity index (χ0n) is 16.6. The maximum absolute atomic E-state index is 13.4. The molecule has 1 aromatic heterocycles. The summed E-state index contributed by atoms with van der Waals surface area (Å²) in [6, 6.07) is 9.22. The van der Waals surface area contributed by atoms with Crippen LogP contribution in [0.2, 0.25) is 0 Å². The van der Waals surface area contributed by atoms with Gasteiger partial charge in [0.25, 0.3) is 5.91 Å². The minimum absolute atomic E-state index is 0.0647. The van der Waals surface area contributed by atoms with E-state index in [-0.39, 0.29) is 17.3 Å². The van der Waals surface area contributed by atoms with Crippen LogP contribution >= 0.6 is 11.8 Å². The first-order valence-corrected chi connectivity index (χ1v) is 10.1. The summed E-state index contributed by atoms with van der Waals surface area (Å²) in [6.07, 6.45) is -4.48. The number of carbonyl (C=O) groups is 1. The van der Waals surface area contributed by atoms with Crippen molar-refractivity contribution in [1.29, 1.82) is 0 Å². The van der Waals surface area contributed by atoms with E-state index in [1.165, 1.54) is 30.0 Å². The topological polar surface area (TPSA) is 42.0 Å². The average Bonchev–Trinajstić information content (AvgIpc) is 2.65. The van der Waals surface area contributed by atoms with Crippen molar-refractivity contribution in [2.24, 2.45) is 0 Å². The van der Waals surface area contributed by atoms with Gasteiger partial charge in [-0.2, -0.15) is 13.2 Å². The molecule has 1 heterocycles. The first-order chi connectivity index (χ1) is 14.1. The number of benzene rings is 2. The molecule has 30 heavy (non-hydrogen) atoms. The van der Waals surface area contributed by atoms with Crippen LogP contribution in [-0.4, -0.2) is 16.1 Å². The van der Waals surface area contributed by atoms with E-state index in [0.717, 1.165) is 12.1 Å². The van der Waals surface area contributed by atoms with E-state index in [9.17, 15) is 22.4 Å². The summed E-state index contributed by atoms with van der Waals surface area (Å²) >= 11 is 1.31. The highest BCUT2D eigenvalue weighted by atomic mass is 32.2. The molecule has 158 valence electrons. The smallest absolute Gasteiger partial charge is 0.348 e. The average molecular weight is 436 g/mol. The summed E-state index contributed by atoms with van der Waals surface area (Å²) in [5, 5.41) is 3.67. The number of alkyl halides is 3. The SMILES string of the molecule is Cc1c(C(=O)NCc2cccc(F)c2)c(SC(C)C)nc2cc(C(F)(F)F)ccc12. The van der Waals surface area contributed by atoms with Gasteiger partial charge in [0.05, 0.1) is 16.6 Å². The van der Waals surface area contributed by atoms with Crippen LogP contribution in [0.4, 0.5) is 17.6 Å². The predicted octanol–water partition coefficient (Wildman–Crippen LogP) is 6.13. The molecule has 0 aliphatic heterocycles. The van der Waals surface area contributed by atoms with Gasteiger partial charge in [0.15, 0.2) is 0 Å². The molecule has 0 saturated heterocycles. The molecule has 0 saturated carbocycles. The second kappa shape index (κ2) is 8.63. The molecule has 0 aliphatic rings. The number of aryl methyl sites for hydroxylation is 1. The summed E-state index contributed by atoms with van der Waals surface area (Å²) in [7, 11) is 0. The molecule has 1 N–H and O–H groups in total. The van der Waals surface area contributed by atoms with E-state index in [1.807, 2.05) is 13.8 Å². The van der Waals surface area contributed by atoms with Gasteiger partial charge in [0.1, 0.15) is 10.8 Å². The molecule has 0 radical (unpaired) electrons. The quantitative estimate of drug-likeness (QED) is 0.386. The van der Waals surface area contributed by atoms with Crippen LogP contribution in [0, 0.1) is 12.7 Å². The molecule has 3 rings (SSSR count). The Morgan fingerprint density at radius 3 is 2.53 bits per heavy atom. The largest absolute Gasteiger partial charge is 0.416 e. The fourth-order valence-electron chi connectivity index (χ4n) is 3.07. The van der Waals surface area contributed by atoms with Crippen molar-refractivity contribution in [3.05, 3.63) is 70.5 Å². The lowest BCUT2D eigenvalue weighted by molar-refractivity contribution is -0.137. The molecular formula is C22H20F4N2OS. The van der Waals surface area contributed by atoms with Crippen molar-refractivity contribution in [3.8, 4) is 0 Å². The standard InChI is InChI=1S/C22H20F4N2OS/c1-12(2)30-21-19(20(29)27-11-14-5-4-6-16(23)9-14)13(3)17-8-7-15(22(24,25)26)10-18(17)28-21/h4-10,12H,11H2,1-3H3,(H,27,29). The zero-order valence-corrected chi connectivity index (χ0v) is 17.4. The van der Waals surface area contributed by atoms with Crippen LogP contribution in [0.15, 0.2) is 47.5 Å². The molecule has 3 nitrogen and oxygen atoms in total. The third-order valence-corrected chi connectivity index (χ3v) is 5.45. The van der Waals surface area contributed by atoms with E-state index in [4.69, 9.17) is 0 Å². The minimum atomic E-state index is -4.48. The Labute approximate surface area is 175 Å². The van der Waals surface area contributed by atoms with Crippen molar-refractivity contribution < 1.29 is 22.4 Å². The van der Waals surface area contributed by atoms with Crippen LogP contribution in [-0.2, 0) is 12.7 Å².